The second kappa shape index (κ2) is 11.9. The second-order valence-electron chi connectivity index (χ2n) is 10.9. The monoisotopic (exact) mass is 599 g/mol. The normalized spacial score (nSPS) is 12.4. The lowest BCUT2D eigenvalue weighted by Gasteiger charge is -2.23. The number of hydrogen-bond acceptors (Lipinski definition) is 3. The van der Waals surface area contributed by atoms with Crippen molar-refractivity contribution in [1.82, 2.24) is 19.4 Å². The molecule has 0 radical (unpaired) electrons. The van der Waals surface area contributed by atoms with Crippen molar-refractivity contribution in [3.05, 3.63) is 143 Å². The smallest absolute Gasteiger partial charge is 0.267 e. The summed E-state index contributed by atoms with van der Waals surface area (Å²) >= 11 is 6.84. The molecule has 0 saturated carbocycles. The molecular weight excluding hydrogens is 570 g/mol. The Balaban J connectivity index is 1.15. The minimum Gasteiger partial charge on any atom is -0.351 e. The fourth-order valence-electron chi connectivity index (χ4n) is 5.99. The van der Waals surface area contributed by atoms with Crippen molar-refractivity contribution in [3.8, 4) is 11.1 Å². The van der Waals surface area contributed by atoms with Gasteiger partial charge in [0.1, 0.15) is 5.69 Å². The lowest BCUT2D eigenvalue weighted by atomic mass is 9.97. The Morgan fingerprint density at radius 3 is 2.59 bits per heavy atom. The summed E-state index contributed by atoms with van der Waals surface area (Å²) in [5, 5.41) is 5.72. The number of carbonyl (C=O) groups excluding carboxylic acids is 2. The maximum Gasteiger partial charge on any atom is 0.267 e. The minimum absolute atomic E-state index is 0.133. The van der Waals surface area contributed by atoms with Crippen LogP contribution in [0.2, 0.25) is 5.02 Å². The Bertz CT molecular complexity index is 1990. The van der Waals surface area contributed by atoms with Crippen LogP contribution in [-0.4, -0.2) is 32.5 Å². The zero-order valence-corrected chi connectivity index (χ0v) is 24.7. The second-order valence-corrected chi connectivity index (χ2v) is 11.4. The third-order valence-electron chi connectivity index (χ3n) is 8.22. The number of hydrogen-bond donors (Lipinski definition) is 1. The topological polar surface area (TPSA) is 72.2 Å². The number of nitrogens with zero attached hydrogens (tertiary/aromatic N) is 4. The van der Waals surface area contributed by atoms with Crippen LogP contribution in [0.4, 0.5) is 5.69 Å². The van der Waals surface area contributed by atoms with Crippen LogP contribution < -0.4 is 10.2 Å². The van der Waals surface area contributed by atoms with Crippen molar-refractivity contribution in [2.24, 2.45) is 0 Å². The Hall–Kier alpha value is -5.14. The number of nitrogens with one attached hydrogen (secondary N) is 1. The molecule has 0 aliphatic carbocycles. The quantitative estimate of drug-likeness (QED) is 0.197. The maximum absolute atomic E-state index is 14.2. The van der Waals surface area contributed by atoms with Crippen molar-refractivity contribution in [3.63, 3.8) is 0 Å². The molecule has 0 spiro atoms. The molecule has 218 valence electrons. The van der Waals surface area contributed by atoms with E-state index >= 15 is 0 Å². The molecule has 6 aromatic rings. The van der Waals surface area contributed by atoms with E-state index in [-0.39, 0.29) is 11.8 Å². The van der Waals surface area contributed by atoms with Crippen molar-refractivity contribution in [1.29, 1.82) is 0 Å². The fraction of sp³-hybridized carbons (Fsp3) is 0.139. The van der Waals surface area contributed by atoms with Crippen LogP contribution in [0, 0.1) is 0 Å². The molecule has 1 aliphatic heterocycles. The molecule has 0 unspecified atom stereocenters. The number of anilines is 1. The maximum atomic E-state index is 14.2. The van der Waals surface area contributed by atoms with E-state index in [0.717, 1.165) is 51.8 Å². The zero-order chi connectivity index (χ0) is 30.0. The number of aryl methyl sites for hydroxylation is 1. The molecule has 0 bridgehead atoms. The zero-order valence-electron chi connectivity index (χ0n) is 24.0. The van der Waals surface area contributed by atoms with Crippen LogP contribution in [0.3, 0.4) is 0 Å². The summed E-state index contributed by atoms with van der Waals surface area (Å²) in [4.78, 5) is 33.2. The van der Waals surface area contributed by atoms with E-state index in [0.29, 0.717) is 35.9 Å². The summed E-state index contributed by atoms with van der Waals surface area (Å²) in [6.45, 7) is 2.12. The van der Waals surface area contributed by atoms with E-state index in [9.17, 15) is 9.59 Å². The number of carbonyl (C=O) groups is 2. The van der Waals surface area contributed by atoms with Gasteiger partial charge in [0.05, 0.1) is 30.0 Å². The number of fused-ring (bicyclic) bond motifs is 3. The number of rotatable bonds is 7. The molecule has 4 aromatic carbocycles. The van der Waals surface area contributed by atoms with Gasteiger partial charge in [-0.3, -0.25) is 9.59 Å². The van der Waals surface area contributed by atoms with Crippen LogP contribution in [0.5, 0.6) is 0 Å². The molecule has 2 aromatic heterocycles. The summed E-state index contributed by atoms with van der Waals surface area (Å²) in [5.74, 6) is -0.321. The molecule has 3 heterocycles. The Morgan fingerprint density at radius 1 is 0.886 bits per heavy atom. The molecule has 44 heavy (non-hydrogen) atoms. The largest absolute Gasteiger partial charge is 0.351 e. The SMILES string of the molecule is O=C(NCCCn1ccnc1)c1ccc2n1Cc1ccccc1N(C(=O)c1ccc(-c3cccc4ccccc34)cc1Cl)C2. The third-order valence-corrected chi connectivity index (χ3v) is 8.53. The Kier molecular flexibility index (Phi) is 7.46. The van der Waals surface area contributed by atoms with Gasteiger partial charge in [-0.1, -0.05) is 78.3 Å². The van der Waals surface area contributed by atoms with E-state index in [4.69, 9.17) is 11.6 Å². The first-order valence-corrected chi connectivity index (χ1v) is 15.0. The van der Waals surface area contributed by atoms with Gasteiger partial charge in [0.15, 0.2) is 0 Å². The first-order chi connectivity index (χ1) is 21.6. The van der Waals surface area contributed by atoms with E-state index < -0.39 is 0 Å². The standard InChI is InChI=1S/C36H30ClN5O2/c37-32-21-26(30-11-5-9-25-7-1-3-10-29(25)30)13-15-31(32)36(44)42-23-28-14-16-34(41(28)22-27-8-2-4-12-33(27)42)35(43)39-17-6-19-40-20-18-38-24-40/h1-5,7-16,18,20-21,24H,6,17,19,22-23H2,(H,39,43). The predicted octanol–water partition coefficient (Wildman–Crippen LogP) is 7.19. The molecule has 8 heteroatoms. The number of halogens is 1. The average molecular weight is 600 g/mol. The predicted molar refractivity (Wildman–Crippen MR) is 174 cm³/mol. The van der Waals surface area contributed by atoms with Crippen LogP contribution in [0.15, 0.2) is 116 Å². The van der Waals surface area contributed by atoms with Gasteiger partial charge in [0, 0.05) is 36.9 Å². The van der Waals surface area contributed by atoms with Crippen LogP contribution >= 0.6 is 11.6 Å². The number of aromatic nitrogens is 3. The van der Waals surface area contributed by atoms with Gasteiger partial charge in [0.2, 0.25) is 0 Å². The number of benzene rings is 4. The van der Waals surface area contributed by atoms with E-state index in [1.165, 1.54) is 0 Å². The lowest BCUT2D eigenvalue weighted by Crippen LogP contribution is -2.31. The molecule has 1 aliphatic rings. The van der Waals surface area contributed by atoms with Crippen LogP contribution in [0.25, 0.3) is 21.9 Å². The molecule has 1 N–H and O–H groups in total. The highest BCUT2D eigenvalue weighted by atomic mass is 35.5. The number of amides is 2. The highest BCUT2D eigenvalue weighted by Gasteiger charge is 2.28. The first kappa shape index (κ1) is 27.7. The van der Waals surface area contributed by atoms with E-state index in [1.807, 2.05) is 88.1 Å². The highest BCUT2D eigenvalue weighted by Crippen LogP contribution is 2.34. The van der Waals surface area contributed by atoms with Crippen molar-refractivity contribution in [2.75, 3.05) is 11.4 Å². The third kappa shape index (κ3) is 5.27. The number of imidazole rings is 1. The van der Waals surface area contributed by atoms with Gasteiger partial charge >= 0.3 is 0 Å². The van der Waals surface area contributed by atoms with Crippen molar-refractivity contribution < 1.29 is 9.59 Å². The van der Waals surface area contributed by atoms with Crippen LogP contribution in [0.1, 0.15) is 38.5 Å². The Labute approximate surface area is 260 Å². The average Bonchev–Trinajstić information content (AvgIpc) is 3.68. The van der Waals surface area contributed by atoms with Gasteiger partial charge in [-0.2, -0.15) is 0 Å². The van der Waals surface area contributed by atoms with E-state index in [2.05, 4.69) is 34.6 Å². The Morgan fingerprint density at radius 2 is 1.73 bits per heavy atom. The molecule has 0 atom stereocenters. The van der Waals surface area contributed by atoms with Gasteiger partial charge in [-0.15, -0.1) is 0 Å². The summed E-state index contributed by atoms with van der Waals surface area (Å²) < 4.78 is 3.99. The summed E-state index contributed by atoms with van der Waals surface area (Å²) in [7, 11) is 0. The highest BCUT2D eigenvalue weighted by molar-refractivity contribution is 6.35. The molecule has 2 amide bonds. The summed E-state index contributed by atoms with van der Waals surface area (Å²) in [5.41, 5.74) is 5.66. The van der Waals surface area contributed by atoms with Gasteiger partial charge in [-0.05, 0) is 64.2 Å². The molecule has 7 rings (SSSR count). The summed E-state index contributed by atoms with van der Waals surface area (Å²) in [6.07, 6.45) is 6.22. The van der Waals surface area contributed by atoms with E-state index in [1.54, 1.807) is 17.4 Å². The van der Waals surface area contributed by atoms with Gasteiger partial charge in [-0.25, -0.2) is 4.98 Å². The molecule has 0 fully saturated rings. The fourth-order valence-corrected chi connectivity index (χ4v) is 6.25. The van der Waals surface area contributed by atoms with Crippen molar-refractivity contribution >= 4 is 39.9 Å². The molecule has 0 saturated heterocycles. The summed E-state index contributed by atoms with van der Waals surface area (Å²) in [6, 6.07) is 31.7. The molecule has 7 nitrogen and oxygen atoms in total. The van der Waals surface area contributed by atoms with Gasteiger partial charge < -0.3 is 19.4 Å². The number of para-hydroxylation sites is 1. The minimum atomic E-state index is -0.188. The van der Waals surface area contributed by atoms with Gasteiger partial charge in [0.25, 0.3) is 11.8 Å². The van der Waals surface area contributed by atoms with Crippen molar-refractivity contribution in [2.45, 2.75) is 26.1 Å². The van der Waals surface area contributed by atoms with Crippen LogP contribution in [-0.2, 0) is 19.6 Å². The molecular formula is C36H30ClN5O2. The lowest BCUT2D eigenvalue weighted by molar-refractivity contribution is 0.0943. The first-order valence-electron chi connectivity index (χ1n) is 14.7.